The van der Waals surface area contributed by atoms with Crippen molar-refractivity contribution < 1.29 is 4.74 Å². The highest BCUT2D eigenvalue weighted by Gasteiger charge is 2.11. The predicted molar refractivity (Wildman–Crippen MR) is 118 cm³/mol. The fourth-order valence-corrected chi connectivity index (χ4v) is 3.91. The molecule has 4 aromatic rings. The third-order valence-corrected chi connectivity index (χ3v) is 5.59. The molecule has 29 heavy (non-hydrogen) atoms. The predicted octanol–water partition coefficient (Wildman–Crippen LogP) is 3.77. The van der Waals surface area contributed by atoms with Gasteiger partial charge in [0.25, 0.3) is 0 Å². The third-order valence-electron chi connectivity index (χ3n) is 4.66. The van der Waals surface area contributed by atoms with Crippen LogP contribution in [-0.4, -0.2) is 39.6 Å². The maximum Gasteiger partial charge on any atom is 0.206 e. The molecular weight excluding hydrogens is 384 g/mol. The van der Waals surface area contributed by atoms with Crippen molar-refractivity contribution in [1.29, 1.82) is 0 Å². The number of benzene rings is 2. The molecular formula is C21H24N6OS. The zero-order chi connectivity index (χ0) is 20.2. The molecule has 2 aromatic carbocycles. The van der Waals surface area contributed by atoms with Crippen LogP contribution in [0.3, 0.4) is 0 Å². The molecule has 0 saturated heterocycles. The standard InChI is InChI=1S/C21H24N6OS/c1-3-28-17-7-4-14(5-8-17)10-16(22)12-23-21-27-26-20(29-21)15-6-9-19-18(11-15)13(2)24-25-19/h4-9,11,16H,3,10,12,22H2,1-2H3,(H,23,27)(H,24,25)/t16-/m1/s1. The number of nitrogens with one attached hydrogen (secondary N) is 2. The van der Waals surface area contributed by atoms with E-state index in [4.69, 9.17) is 10.5 Å². The number of fused-ring (bicyclic) bond motifs is 1. The Morgan fingerprint density at radius 1 is 1.17 bits per heavy atom. The number of aromatic nitrogens is 4. The van der Waals surface area contributed by atoms with E-state index in [1.165, 1.54) is 16.9 Å². The molecule has 0 radical (unpaired) electrons. The highest BCUT2D eigenvalue weighted by molar-refractivity contribution is 7.18. The largest absolute Gasteiger partial charge is 0.494 e. The summed E-state index contributed by atoms with van der Waals surface area (Å²) in [4.78, 5) is 0. The summed E-state index contributed by atoms with van der Waals surface area (Å²) in [6.45, 7) is 5.28. The number of nitrogens with zero attached hydrogens (tertiary/aromatic N) is 3. The Kier molecular flexibility index (Phi) is 5.73. The zero-order valence-corrected chi connectivity index (χ0v) is 17.3. The average Bonchev–Trinajstić information content (AvgIpc) is 3.35. The maximum atomic E-state index is 6.29. The molecule has 0 aliphatic heterocycles. The number of anilines is 1. The number of hydrogen-bond acceptors (Lipinski definition) is 7. The number of aryl methyl sites for hydroxylation is 1. The Balaban J connectivity index is 1.35. The number of nitrogens with two attached hydrogens (primary N) is 1. The smallest absolute Gasteiger partial charge is 0.206 e. The first-order valence-electron chi connectivity index (χ1n) is 9.62. The normalized spacial score (nSPS) is 12.2. The molecule has 150 valence electrons. The minimum Gasteiger partial charge on any atom is -0.494 e. The first kappa shape index (κ1) is 19.4. The maximum absolute atomic E-state index is 6.29. The van der Waals surface area contributed by atoms with E-state index >= 15 is 0 Å². The molecule has 0 spiro atoms. The minimum atomic E-state index is -0.0229. The van der Waals surface area contributed by atoms with Gasteiger partial charge in [0.1, 0.15) is 10.8 Å². The molecule has 0 unspecified atom stereocenters. The number of ether oxygens (including phenoxy) is 1. The summed E-state index contributed by atoms with van der Waals surface area (Å²) in [5, 5.41) is 21.9. The zero-order valence-electron chi connectivity index (χ0n) is 16.5. The highest BCUT2D eigenvalue weighted by Crippen LogP contribution is 2.29. The summed E-state index contributed by atoms with van der Waals surface area (Å²) in [5.41, 5.74) is 10.5. The SMILES string of the molecule is CCOc1ccc(C[C@@H](N)CNc2nnc(-c3ccc4n[nH]c(C)c4c3)s2)cc1. The van der Waals surface area contributed by atoms with Gasteiger partial charge in [0.05, 0.1) is 12.1 Å². The minimum absolute atomic E-state index is 0.0229. The molecule has 1 atom stereocenters. The van der Waals surface area contributed by atoms with Crippen LogP contribution >= 0.6 is 11.3 Å². The molecule has 0 fully saturated rings. The van der Waals surface area contributed by atoms with Crippen molar-refractivity contribution in [2.75, 3.05) is 18.5 Å². The van der Waals surface area contributed by atoms with E-state index in [1.807, 2.05) is 38.1 Å². The average molecular weight is 409 g/mol. The first-order valence-corrected chi connectivity index (χ1v) is 10.4. The molecule has 4 N–H and O–H groups in total. The van der Waals surface area contributed by atoms with Crippen molar-refractivity contribution in [1.82, 2.24) is 20.4 Å². The number of H-pyrrole nitrogens is 1. The van der Waals surface area contributed by atoms with Gasteiger partial charge in [-0.3, -0.25) is 5.10 Å². The lowest BCUT2D eigenvalue weighted by atomic mass is 10.1. The van der Waals surface area contributed by atoms with E-state index < -0.39 is 0 Å². The quantitative estimate of drug-likeness (QED) is 0.410. The lowest BCUT2D eigenvalue weighted by Gasteiger charge is -2.12. The molecule has 2 heterocycles. The van der Waals surface area contributed by atoms with Gasteiger partial charge in [0.2, 0.25) is 5.13 Å². The van der Waals surface area contributed by atoms with Crippen molar-refractivity contribution in [3.8, 4) is 16.3 Å². The van der Waals surface area contributed by atoms with Gasteiger partial charge in [-0.15, -0.1) is 10.2 Å². The van der Waals surface area contributed by atoms with E-state index in [9.17, 15) is 0 Å². The Bertz CT molecular complexity index is 1090. The molecule has 0 saturated carbocycles. The molecule has 7 nitrogen and oxygen atoms in total. The van der Waals surface area contributed by atoms with Crippen LogP contribution in [0.5, 0.6) is 5.75 Å². The van der Waals surface area contributed by atoms with E-state index in [0.29, 0.717) is 13.2 Å². The fourth-order valence-electron chi connectivity index (χ4n) is 3.16. The molecule has 0 amide bonds. The van der Waals surface area contributed by atoms with Crippen LogP contribution in [-0.2, 0) is 6.42 Å². The third kappa shape index (κ3) is 4.55. The van der Waals surface area contributed by atoms with E-state index in [0.717, 1.165) is 44.5 Å². The van der Waals surface area contributed by atoms with E-state index in [1.54, 1.807) is 0 Å². The van der Waals surface area contributed by atoms with Crippen molar-refractivity contribution in [3.05, 3.63) is 53.7 Å². The molecule has 0 bridgehead atoms. The molecule has 0 aliphatic carbocycles. The van der Waals surface area contributed by atoms with Gasteiger partial charge in [0, 0.05) is 29.2 Å². The van der Waals surface area contributed by atoms with E-state index in [-0.39, 0.29) is 6.04 Å². The second-order valence-electron chi connectivity index (χ2n) is 6.91. The molecule has 4 rings (SSSR count). The van der Waals surface area contributed by atoms with Gasteiger partial charge in [-0.1, -0.05) is 23.5 Å². The summed E-state index contributed by atoms with van der Waals surface area (Å²) in [6.07, 6.45) is 0.779. The second kappa shape index (κ2) is 8.59. The van der Waals surface area contributed by atoms with Crippen molar-refractivity contribution >= 4 is 27.4 Å². The lowest BCUT2D eigenvalue weighted by molar-refractivity contribution is 0.340. The van der Waals surface area contributed by atoms with Gasteiger partial charge in [0.15, 0.2) is 0 Å². The van der Waals surface area contributed by atoms with Crippen LogP contribution in [0.4, 0.5) is 5.13 Å². The van der Waals surface area contributed by atoms with Crippen LogP contribution in [0.1, 0.15) is 18.2 Å². The van der Waals surface area contributed by atoms with Crippen molar-refractivity contribution in [3.63, 3.8) is 0 Å². The summed E-state index contributed by atoms with van der Waals surface area (Å²) in [5.74, 6) is 0.883. The topological polar surface area (TPSA) is 102 Å². The molecule has 8 heteroatoms. The highest BCUT2D eigenvalue weighted by atomic mass is 32.1. The molecule has 2 aromatic heterocycles. The van der Waals surface area contributed by atoms with Crippen molar-refractivity contribution in [2.24, 2.45) is 5.73 Å². The summed E-state index contributed by atoms with van der Waals surface area (Å²) in [6, 6.07) is 14.2. The number of aromatic amines is 1. The molecule has 0 aliphatic rings. The Labute approximate surface area is 173 Å². The number of rotatable bonds is 8. The lowest BCUT2D eigenvalue weighted by Crippen LogP contribution is -2.31. The fraction of sp³-hybridized carbons (Fsp3) is 0.286. The van der Waals surface area contributed by atoms with Gasteiger partial charge in [-0.2, -0.15) is 5.10 Å². The van der Waals surface area contributed by atoms with Crippen LogP contribution in [0, 0.1) is 6.92 Å². The van der Waals surface area contributed by atoms with Gasteiger partial charge >= 0.3 is 0 Å². The Morgan fingerprint density at radius 3 is 2.79 bits per heavy atom. The summed E-state index contributed by atoms with van der Waals surface area (Å²) < 4.78 is 5.47. The second-order valence-corrected chi connectivity index (χ2v) is 7.89. The Morgan fingerprint density at radius 2 is 2.00 bits per heavy atom. The van der Waals surface area contributed by atoms with Crippen LogP contribution in [0.25, 0.3) is 21.5 Å². The van der Waals surface area contributed by atoms with E-state index in [2.05, 4.69) is 43.9 Å². The van der Waals surface area contributed by atoms with Crippen LogP contribution < -0.4 is 15.8 Å². The first-order chi connectivity index (χ1) is 14.1. The van der Waals surface area contributed by atoms with Crippen LogP contribution in [0.15, 0.2) is 42.5 Å². The summed E-state index contributed by atoms with van der Waals surface area (Å²) >= 11 is 1.52. The van der Waals surface area contributed by atoms with Crippen LogP contribution in [0.2, 0.25) is 0 Å². The Hall–Kier alpha value is -2.97. The monoisotopic (exact) mass is 408 g/mol. The number of hydrogen-bond donors (Lipinski definition) is 3. The summed E-state index contributed by atoms with van der Waals surface area (Å²) in [7, 11) is 0. The van der Waals surface area contributed by atoms with Gasteiger partial charge < -0.3 is 15.8 Å². The van der Waals surface area contributed by atoms with Gasteiger partial charge in [-0.25, -0.2) is 0 Å². The van der Waals surface area contributed by atoms with Gasteiger partial charge in [-0.05, 0) is 56.2 Å². The van der Waals surface area contributed by atoms with Crippen molar-refractivity contribution in [2.45, 2.75) is 26.3 Å².